The fourth-order valence-electron chi connectivity index (χ4n) is 1.53. The van der Waals surface area contributed by atoms with E-state index in [1.165, 1.54) is 6.20 Å². The number of halogens is 1. The average molecular weight is 212 g/mol. The largest absolute Gasteiger partial charge is 0.246 e. The van der Waals surface area contributed by atoms with Crippen molar-refractivity contribution in [1.29, 1.82) is 5.26 Å². The van der Waals surface area contributed by atoms with Crippen LogP contribution in [-0.4, -0.2) is 4.98 Å². The molecule has 1 aromatic heterocycles. The van der Waals surface area contributed by atoms with Crippen LogP contribution in [0.5, 0.6) is 0 Å². The maximum Gasteiger partial charge on any atom is 0.141 e. The maximum atomic E-state index is 13.8. The highest BCUT2D eigenvalue weighted by Crippen LogP contribution is 2.24. The van der Waals surface area contributed by atoms with Crippen LogP contribution in [0, 0.1) is 24.1 Å². The van der Waals surface area contributed by atoms with Gasteiger partial charge in [0.25, 0.3) is 0 Å². The molecule has 1 aromatic carbocycles. The van der Waals surface area contributed by atoms with Crippen LogP contribution in [-0.2, 0) is 0 Å². The molecule has 2 rings (SSSR count). The van der Waals surface area contributed by atoms with Gasteiger partial charge in [-0.05, 0) is 30.2 Å². The second kappa shape index (κ2) is 4.11. The molecule has 16 heavy (non-hydrogen) atoms. The minimum absolute atomic E-state index is 0.252. The maximum absolute atomic E-state index is 13.8. The van der Waals surface area contributed by atoms with E-state index in [9.17, 15) is 4.39 Å². The summed E-state index contributed by atoms with van der Waals surface area (Å²) in [6.07, 6.45) is 1.51. The number of rotatable bonds is 1. The third-order valence-electron chi connectivity index (χ3n) is 2.38. The lowest BCUT2D eigenvalue weighted by atomic mass is 10.0. The van der Waals surface area contributed by atoms with Crippen molar-refractivity contribution in [3.05, 3.63) is 53.6 Å². The smallest absolute Gasteiger partial charge is 0.141 e. The van der Waals surface area contributed by atoms with Crippen molar-refractivity contribution in [2.45, 2.75) is 6.92 Å². The first-order valence-electron chi connectivity index (χ1n) is 4.84. The van der Waals surface area contributed by atoms with Crippen LogP contribution in [0.3, 0.4) is 0 Å². The number of pyridine rings is 1. The van der Waals surface area contributed by atoms with Crippen molar-refractivity contribution < 1.29 is 4.39 Å². The predicted molar refractivity (Wildman–Crippen MR) is 59.1 cm³/mol. The highest BCUT2D eigenvalue weighted by atomic mass is 19.1. The van der Waals surface area contributed by atoms with E-state index < -0.39 is 0 Å². The van der Waals surface area contributed by atoms with Crippen LogP contribution in [0.2, 0.25) is 0 Å². The van der Waals surface area contributed by atoms with Crippen LogP contribution in [0.25, 0.3) is 11.1 Å². The molecule has 0 saturated carbocycles. The molecule has 0 unspecified atom stereocenters. The number of aromatic nitrogens is 1. The van der Waals surface area contributed by atoms with Crippen molar-refractivity contribution >= 4 is 0 Å². The quantitative estimate of drug-likeness (QED) is 0.728. The highest BCUT2D eigenvalue weighted by Gasteiger charge is 2.07. The summed E-state index contributed by atoms with van der Waals surface area (Å²) in [5, 5.41) is 8.73. The molecule has 3 heteroatoms. The van der Waals surface area contributed by atoms with Gasteiger partial charge >= 0.3 is 0 Å². The first-order valence-corrected chi connectivity index (χ1v) is 4.84. The standard InChI is InChI=1S/C13H9FN2/c1-9-3-2-4-12(13(9)14)10-5-6-16-11(7-10)8-15/h2-7H,1H3. The molecule has 2 nitrogen and oxygen atoms in total. The summed E-state index contributed by atoms with van der Waals surface area (Å²) in [4.78, 5) is 3.85. The molecule has 0 aliphatic heterocycles. The Kier molecular flexibility index (Phi) is 2.65. The SMILES string of the molecule is Cc1cccc(-c2ccnc(C#N)c2)c1F. The summed E-state index contributed by atoms with van der Waals surface area (Å²) >= 11 is 0. The molecular formula is C13H9FN2. The fourth-order valence-corrected chi connectivity index (χ4v) is 1.53. The average Bonchev–Trinajstić information content (AvgIpc) is 2.33. The molecule has 0 atom stereocenters. The van der Waals surface area contributed by atoms with Crippen LogP contribution in [0.4, 0.5) is 4.39 Å². The second-order valence-electron chi connectivity index (χ2n) is 3.48. The zero-order valence-electron chi connectivity index (χ0n) is 8.74. The van der Waals surface area contributed by atoms with Gasteiger partial charge in [-0.1, -0.05) is 18.2 Å². The lowest BCUT2D eigenvalue weighted by Crippen LogP contribution is -1.90. The van der Waals surface area contributed by atoms with E-state index in [0.717, 1.165) is 0 Å². The van der Waals surface area contributed by atoms with Gasteiger partial charge in [-0.2, -0.15) is 5.26 Å². The van der Waals surface area contributed by atoms with Gasteiger partial charge < -0.3 is 0 Å². The van der Waals surface area contributed by atoms with E-state index >= 15 is 0 Å². The minimum atomic E-state index is -0.252. The lowest BCUT2D eigenvalue weighted by Gasteiger charge is -2.05. The summed E-state index contributed by atoms with van der Waals surface area (Å²) < 4.78 is 13.8. The van der Waals surface area contributed by atoms with E-state index in [1.807, 2.05) is 6.07 Å². The normalized spacial score (nSPS) is 9.81. The Morgan fingerprint density at radius 1 is 1.31 bits per heavy atom. The fraction of sp³-hybridized carbons (Fsp3) is 0.0769. The van der Waals surface area contributed by atoms with E-state index in [0.29, 0.717) is 22.4 Å². The Balaban J connectivity index is 2.59. The van der Waals surface area contributed by atoms with E-state index in [4.69, 9.17) is 5.26 Å². The van der Waals surface area contributed by atoms with E-state index in [2.05, 4.69) is 4.98 Å². The van der Waals surface area contributed by atoms with Crippen molar-refractivity contribution in [2.75, 3.05) is 0 Å². The second-order valence-corrected chi connectivity index (χ2v) is 3.48. The molecule has 2 aromatic rings. The van der Waals surface area contributed by atoms with Crippen molar-refractivity contribution in [3.63, 3.8) is 0 Å². The molecular weight excluding hydrogens is 203 g/mol. The van der Waals surface area contributed by atoms with Crippen molar-refractivity contribution in [1.82, 2.24) is 4.98 Å². The summed E-state index contributed by atoms with van der Waals surface area (Å²) in [6.45, 7) is 1.71. The zero-order valence-corrected chi connectivity index (χ0v) is 8.74. The van der Waals surface area contributed by atoms with Crippen LogP contribution in [0.15, 0.2) is 36.5 Å². The Morgan fingerprint density at radius 2 is 2.12 bits per heavy atom. The number of benzene rings is 1. The van der Waals surface area contributed by atoms with Gasteiger partial charge in [0, 0.05) is 11.8 Å². The van der Waals surface area contributed by atoms with Crippen LogP contribution in [0.1, 0.15) is 11.3 Å². The molecule has 0 aliphatic carbocycles. The molecule has 0 aliphatic rings. The van der Waals surface area contributed by atoms with E-state index in [1.54, 1.807) is 37.3 Å². The molecule has 1 heterocycles. The van der Waals surface area contributed by atoms with Gasteiger partial charge in [-0.15, -0.1) is 0 Å². The summed E-state index contributed by atoms with van der Waals surface area (Å²) in [5.74, 6) is -0.252. The molecule has 0 bridgehead atoms. The van der Waals surface area contributed by atoms with E-state index in [-0.39, 0.29) is 5.82 Å². The lowest BCUT2D eigenvalue weighted by molar-refractivity contribution is 0.622. The zero-order chi connectivity index (χ0) is 11.5. The summed E-state index contributed by atoms with van der Waals surface area (Å²) in [5.41, 5.74) is 2.05. The van der Waals surface area contributed by atoms with Crippen LogP contribution >= 0.6 is 0 Å². The van der Waals surface area contributed by atoms with Gasteiger partial charge in [-0.25, -0.2) is 9.37 Å². The molecule has 0 N–H and O–H groups in total. The van der Waals surface area contributed by atoms with Gasteiger partial charge in [-0.3, -0.25) is 0 Å². The van der Waals surface area contributed by atoms with Crippen molar-refractivity contribution in [3.8, 4) is 17.2 Å². The van der Waals surface area contributed by atoms with Gasteiger partial charge in [0.15, 0.2) is 0 Å². The third kappa shape index (κ3) is 1.78. The Hall–Kier alpha value is -2.21. The highest BCUT2D eigenvalue weighted by molar-refractivity contribution is 5.65. The summed E-state index contributed by atoms with van der Waals surface area (Å²) in [7, 11) is 0. The van der Waals surface area contributed by atoms with Crippen molar-refractivity contribution in [2.24, 2.45) is 0 Å². The molecule has 0 saturated heterocycles. The minimum Gasteiger partial charge on any atom is -0.246 e. The topological polar surface area (TPSA) is 36.7 Å². The van der Waals surface area contributed by atoms with Gasteiger partial charge in [0.05, 0.1) is 0 Å². The molecule has 0 fully saturated rings. The number of nitrogens with zero attached hydrogens (tertiary/aromatic N) is 2. The monoisotopic (exact) mass is 212 g/mol. The first kappa shape index (κ1) is 10.3. The number of nitriles is 1. The van der Waals surface area contributed by atoms with Gasteiger partial charge in [0.1, 0.15) is 17.6 Å². The number of aryl methyl sites for hydroxylation is 1. The third-order valence-corrected chi connectivity index (χ3v) is 2.38. The number of hydrogen-bond acceptors (Lipinski definition) is 2. The van der Waals surface area contributed by atoms with Gasteiger partial charge in [0.2, 0.25) is 0 Å². The molecule has 78 valence electrons. The summed E-state index contributed by atoms with van der Waals surface area (Å²) in [6, 6.07) is 10.4. The van der Waals surface area contributed by atoms with Crippen LogP contribution < -0.4 is 0 Å². The molecule has 0 radical (unpaired) electrons. The number of hydrogen-bond donors (Lipinski definition) is 0. The Bertz CT molecular complexity index is 570. The Labute approximate surface area is 93.0 Å². The first-order chi connectivity index (χ1) is 7.72. The Morgan fingerprint density at radius 3 is 2.88 bits per heavy atom. The molecule has 0 amide bonds. The predicted octanol–water partition coefficient (Wildman–Crippen LogP) is 3.07. The molecule has 0 spiro atoms.